The molecule has 0 bridgehead atoms. The largest absolute Gasteiger partial charge is 0.497 e. The van der Waals surface area contributed by atoms with Crippen molar-refractivity contribution in [3.63, 3.8) is 0 Å². The minimum Gasteiger partial charge on any atom is -0.497 e. The fourth-order valence-corrected chi connectivity index (χ4v) is 3.01. The average molecular weight is 378 g/mol. The van der Waals surface area contributed by atoms with Crippen LogP contribution in [0.25, 0.3) is 5.57 Å². The number of halogens is 2. The zero-order valence-corrected chi connectivity index (χ0v) is 14.9. The standard InChI is InChI=1S/C18H13Cl2NO4/c1-24-12-6-3-10(4-7-12)15-16(20)18(23)21(17(15)22)13-9-11(19)5-8-14(13)25-2/h3-9H,1-2H3. The monoisotopic (exact) mass is 377 g/mol. The van der Waals surface area contributed by atoms with Gasteiger partial charge in [-0.2, -0.15) is 0 Å². The second-order valence-electron chi connectivity index (χ2n) is 5.18. The summed E-state index contributed by atoms with van der Waals surface area (Å²) in [6.45, 7) is 0. The zero-order chi connectivity index (χ0) is 18.1. The van der Waals surface area contributed by atoms with Gasteiger partial charge in [0.05, 0.1) is 25.5 Å². The van der Waals surface area contributed by atoms with Crippen molar-refractivity contribution in [3.8, 4) is 11.5 Å². The summed E-state index contributed by atoms with van der Waals surface area (Å²) in [5.41, 5.74) is 0.885. The molecule has 1 aliphatic heterocycles. The molecule has 0 spiro atoms. The number of amides is 2. The minimum absolute atomic E-state index is 0.122. The molecule has 128 valence electrons. The molecule has 0 saturated heterocycles. The smallest absolute Gasteiger partial charge is 0.277 e. The van der Waals surface area contributed by atoms with Gasteiger partial charge in [0.1, 0.15) is 16.5 Å². The van der Waals surface area contributed by atoms with Gasteiger partial charge in [0.15, 0.2) is 0 Å². The Kier molecular flexibility index (Phi) is 4.70. The third kappa shape index (κ3) is 2.97. The van der Waals surface area contributed by atoms with E-state index in [4.69, 9.17) is 32.7 Å². The second-order valence-corrected chi connectivity index (χ2v) is 5.99. The molecule has 2 aromatic rings. The highest BCUT2D eigenvalue weighted by Crippen LogP contribution is 2.40. The molecule has 0 saturated carbocycles. The van der Waals surface area contributed by atoms with Crippen molar-refractivity contribution in [2.75, 3.05) is 19.1 Å². The van der Waals surface area contributed by atoms with E-state index < -0.39 is 11.8 Å². The first-order valence-electron chi connectivity index (χ1n) is 7.24. The predicted octanol–water partition coefficient (Wildman–Crippen LogP) is 3.88. The number of rotatable bonds is 4. The van der Waals surface area contributed by atoms with Gasteiger partial charge in [-0.3, -0.25) is 9.59 Å². The van der Waals surface area contributed by atoms with Gasteiger partial charge >= 0.3 is 0 Å². The van der Waals surface area contributed by atoms with Gasteiger partial charge in [0.2, 0.25) is 0 Å². The van der Waals surface area contributed by atoms with Gasteiger partial charge in [0, 0.05) is 5.02 Å². The van der Waals surface area contributed by atoms with Gasteiger partial charge in [-0.15, -0.1) is 0 Å². The van der Waals surface area contributed by atoms with Crippen LogP contribution in [0.2, 0.25) is 5.02 Å². The third-order valence-electron chi connectivity index (χ3n) is 3.79. The van der Waals surface area contributed by atoms with Crippen LogP contribution in [0.5, 0.6) is 11.5 Å². The Morgan fingerprint density at radius 3 is 2.16 bits per heavy atom. The van der Waals surface area contributed by atoms with Crippen LogP contribution in [0.4, 0.5) is 5.69 Å². The van der Waals surface area contributed by atoms with E-state index >= 15 is 0 Å². The van der Waals surface area contributed by atoms with Gasteiger partial charge in [-0.25, -0.2) is 4.90 Å². The lowest BCUT2D eigenvalue weighted by Gasteiger charge is -2.18. The highest BCUT2D eigenvalue weighted by atomic mass is 35.5. The fourth-order valence-electron chi connectivity index (χ4n) is 2.57. The summed E-state index contributed by atoms with van der Waals surface area (Å²) < 4.78 is 10.3. The SMILES string of the molecule is COc1ccc(C2=C(Cl)C(=O)N(c3cc(Cl)ccc3OC)C2=O)cc1. The second kappa shape index (κ2) is 6.78. The lowest BCUT2D eigenvalue weighted by atomic mass is 10.1. The Hall–Kier alpha value is -2.50. The molecule has 5 nitrogen and oxygen atoms in total. The van der Waals surface area contributed by atoms with E-state index in [-0.39, 0.29) is 16.3 Å². The first kappa shape index (κ1) is 17.3. The molecule has 25 heavy (non-hydrogen) atoms. The van der Waals surface area contributed by atoms with Crippen molar-refractivity contribution in [2.24, 2.45) is 0 Å². The number of hydrogen-bond acceptors (Lipinski definition) is 4. The molecule has 0 atom stereocenters. The molecule has 1 aliphatic rings. The van der Waals surface area contributed by atoms with E-state index in [0.717, 1.165) is 4.90 Å². The summed E-state index contributed by atoms with van der Waals surface area (Å²) in [4.78, 5) is 26.5. The lowest BCUT2D eigenvalue weighted by Crippen LogP contribution is -2.31. The van der Waals surface area contributed by atoms with Crippen molar-refractivity contribution in [3.05, 3.63) is 58.1 Å². The Labute approximate surface area is 154 Å². The number of imide groups is 1. The van der Waals surface area contributed by atoms with Crippen molar-refractivity contribution >= 4 is 46.3 Å². The molecule has 1 heterocycles. The maximum Gasteiger partial charge on any atom is 0.277 e. The number of carbonyl (C=O) groups excluding carboxylic acids is 2. The van der Waals surface area contributed by atoms with E-state index in [1.165, 1.54) is 13.2 Å². The maximum atomic E-state index is 12.9. The number of nitrogens with zero attached hydrogens (tertiary/aromatic N) is 1. The molecule has 0 radical (unpaired) electrons. The van der Waals surface area contributed by atoms with Crippen LogP contribution >= 0.6 is 23.2 Å². The molecule has 0 fully saturated rings. The van der Waals surface area contributed by atoms with Crippen LogP contribution in [0, 0.1) is 0 Å². The number of benzene rings is 2. The minimum atomic E-state index is -0.627. The molecule has 0 unspecified atom stereocenters. The molecule has 0 N–H and O–H groups in total. The molecule has 0 aliphatic carbocycles. The third-order valence-corrected chi connectivity index (χ3v) is 4.37. The molecule has 7 heteroatoms. The first-order valence-corrected chi connectivity index (χ1v) is 8.00. The Morgan fingerprint density at radius 1 is 0.880 bits per heavy atom. The predicted molar refractivity (Wildman–Crippen MR) is 96.3 cm³/mol. The summed E-state index contributed by atoms with van der Waals surface area (Å²) in [6, 6.07) is 11.4. The molecule has 3 rings (SSSR count). The van der Waals surface area contributed by atoms with Gasteiger partial charge in [-0.05, 0) is 35.9 Å². The van der Waals surface area contributed by atoms with Crippen LogP contribution in [-0.2, 0) is 9.59 Å². The number of methoxy groups -OCH3 is 2. The fraction of sp³-hybridized carbons (Fsp3) is 0.111. The molecular weight excluding hydrogens is 365 g/mol. The van der Waals surface area contributed by atoms with Crippen LogP contribution in [0.15, 0.2) is 47.5 Å². The highest BCUT2D eigenvalue weighted by Gasteiger charge is 2.40. The Morgan fingerprint density at radius 2 is 1.56 bits per heavy atom. The molecule has 2 aromatic carbocycles. The van der Waals surface area contributed by atoms with Crippen molar-refractivity contribution in [1.29, 1.82) is 0 Å². The Balaban J connectivity index is 2.06. The number of hydrogen-bond donors (Lipinski definition) is 0. The summed E-state index contributed by atoms with van der Waals surface area (Å²) in [7, 11) is 2.98. The average Bonchev–Trinajstić information content (AvgIpc) is 2.84. The number of carbonyl (C=O) groups is 2. The normalized spacial score (nSPS) is 14.3. The summed E-state index contributed by atoms with van der Waals surface area (Å²) in [5, 5.41) is 0.211. The number of anilines is 1. The van der Waals surface area contributed by atoms with Crippen LogP contribution in [-0.4, -0.2) is 26.0 Å². The summed E-state index contributed by atoms with van der Waals surface area (Å²) >= 11 is 12.2. The quantitative estimate of drug-likeness (QED) is 0.758. The van der Waals surface area contributed by atoms with Gasteiger partial charge < -0.3 is 9.47 Å². The van der Waals surface area contributed by atoms with E-state index in [9.17, 15) is 9.59 Å². The van der Waals surface area contributed by atoms with Gasteiger partial charge in [0.25, 0.3) is 11.8 Å². The first-order chi connectivity index (χ1) is 12.0. The maximum absolute atomic E-state index is 12.9. The highest BCUT2D eigenvalue weighted by molar-refractivity contribution is 6.60. The van der Waals surface area contributed by atoms with Crippen LogP contribution in [0.3, 0.4) is 0 Å². The molecule has 0 aromatic heterocycles. The summed E-state index contributed by atoms with van der Waals surface area (Å²) in [6.07, 6.45) is 0. The number of ether oxygens (including phenoxy) is 2. The summed E-state index contributed by atoms with van der Waals surface area (Å²) in [5.74, 6) is -0.198. The van der Waals surface area contributed by atoms with E-state index in [2.05, 4.69) is 0 Å². The van der Waals surface area contributed by atoms with Crippen molar-refractivity contribution < 1.29 is 19.1 Å². The Bertz CT molecular complexity index is 890. The lowest BCUT2D eigenvalue weighted by molar-refractivity contribution is -0.119. The van der Waals surface area contributed by atoms with E-state index in [1.54, 1.807) is 43.5 Å². The van der Waals surface area contributed by atoms with E-state index in [0.29, 0.717) is 22.1 Å². The molecule has 2 amide bonds. The van der Waals surface area contributed by atoms with Crippen molar-refractivity contribution in [2.45, 2.75) is 0 Å². The van der Waals surface area contributed by atoms with E-state index in [1.807, 2.05) is 0 Å². The van der Waals surface area contributed by atoms with Crippen molar-refractivity contribution in [1.82, 2.24) is 0 Å². The zero-order valence-electron chi connectivity index (χ0n) is 13.4. The molecular formula is C18H13Cl2NO4. The van der Waals surface area contributed by atoms with Crippen LogP contribution in [0.1, 0.15) is 5.56 Å². The topological polar surface area (TPSA) is 55.8 Å². The van der Waals surface area contributed by atoms with Crippen LogP contribution < -0.4 is 14.4 Å². The van der Waals surface area contributed by atoms with Gasteiger partial charge in [-0.1, -0.05) is 35.3 Å².